The van der Waals surface area contributed by atoms with E-state index in [-0.39, 0.29) is 0 Å². The van der Waals surface area contributed by atoms with Gasteiger partial charge in [-0.1, -0.05) is 18.2 Å². The van der Waals surface area contributed by atoms with Crippen molar-refractivity contribution in [1.82, 2.24) is 10.2 Å². The highest BCUT2D eigenvalue weighted by Gasteiger charge is 2.36. The zero-order chi connectivity index (χ0) is 12.7. The molecule has 2 unspecified atom stereocenters. The van der Waals surface area contributed by atoms with E-state index in [1.165, 1.54) is 57.2 Å². The van der Waals surface area contributed by atoms with Gasteiger partial charge in [0.1, 0.15) is 0 Å². The summed E-state index contributed by atoms with van der Waals surface area (Å²) in [5, 5.41) is 3.82. The summed E-state index contributed by atoms with van der Waals surface area (Å²) in [7, 11) is 0. The Morgan fingerprint density at radius 2 is 2.00 bits per heavy atom. The molecule has 3 aliphatic rings. The highest BCUT2D eigenvalue weighted by molar-refractivity contribution is 5.35. The maximum atomic E-state index is 3.82. The van der Waals surface area contributed by atoms with Crippen LogP contribution in [0.2, 0.25) is 0 Å². The molecule has 1 aromatic carbocycles. The highest BCUT2D eigenvalue weighted by Crippen LogP contribution is 2.28. The lowest BCUT2D eigenvalue weighted by Gasteiger charge is -2.21. The monoisotopic (exact) mass is 256 g/mol. The molecule has 0 bridgehead atoms. The topological polar surface area (TPSA) is 15.3 Å². The molecule has 2 heteroatoms. The number of rotatable bonds is 3. The largest absolute Gasteiger partial charge is 0.308 e. The van der Waals surface area contributed by atoms with Gasteiger partial charge >= 0.3 is 0 Å². The van der Waals surface area contributed by atoms with Crippen LogP contribution in [0.1, 0.15) is 42.4 Å². The molecule has 102 valence electrons. The maximum absolute atomic E-state index is 3.82. The molecule has 2 saturated heterocycles. The minimum atomic E-state index is 0.732. The van der Waals surface area contributed by atoms with Gasteiger partial charge in [0.25, 0.3) is 0 Å². The van der Waals surface area contributed by atoms with Crippen LogP contribution in [0.5, 0.6) is 0 Å². The van der Waals surface area contributed by atoms with Crippen LogP contribution >= 0.6 is 0 Å². The minimum Gasteiger partial charge on any atom is -0.308 e. The summed E-state index contributed by atoms with van der Waals surface area (Å²) in [6.45, 7) is 3.70. The first-order chi connectivity index (χ1) is 9.40. The second kappa shape index (κ2) is 4.92. The lowest BCUT2D eigenvalue weighted by Crippen LogP contribution is -2.38. The lowest BCUT2D eigenvalue weighted by atomic mass is 10.0. The van der Waals surface area contributed by atoms with Gasteiger partial charge in [-0.2, -0.15) is 0 Å². The smallest absolute Gasteiger partial charge is 0.0250 e. The van der Waals surface area contributed by atoms with E-state index >= 15 is 0 Å². The van der Waals surface area contributed by atoms with Crippen LogP contribution in [-0.2, 0) is 19.4 Å². The Morgan fingerprint density at radius 1 is 1.05 bits per heavy atom. The molecule has 2 heterocycles. The first-order valence-electron chi connectivity index (χ1n) is 7.98. The second-order valence-corrected chi connectivity index (χ2v) is 6.48. The summed E-state index contributed by atoms with van der Waals surface area (Å²) >= 11 is 0. The molecule has 0 amide bonds. The number of benzene rings is 1. The molecule has 0 spiro atoms. The number of aryl methyl sites for hydroxylation is 2. The average molecular weight is 256 g/mol. The van der Waals surface area contributed by atoms with Crippen molar-refractivity contribution in [3.05, 3.63) is 34.9 Å². The van der Waals surface area contributed by atoms with Gasteiger partial charge in [0.2, 0.25) is 0 Å². The molecule has 0 aromatic heterocycles. The summed E-state index contributed by atoms with van der Waals surface area (Å²) in [6, 6.07) is 8.69. The Morgan fingerprint density at radius 3 is 3.00 bits per heavy atom. The molecule has 19 heavy (non-hydrogen) atoms. The van der Waals surface area contributed by atoms with Crippen molar-refractivity contribution in [3.8, 4) is 0 Å². The number of nitrogens with zero attached hydrogens (tertiary/aromatic N) is 1. The summed E-state index contributed by atoms with van der Waals surface area (Å²) in [5.41, 5.74) is 4.68. The van der Waals surface area contributed by atoms with Crippen molar-refractivity contribution in [2.45, 2.75) is 57.2 Å². The van der Waals surface area contributed by atoms with E-state index in [0.29, 0.717) is 0 Å². The molecular formula is C17H24N2. The van der Waals surface area contributed by atoms with Crippen molar-refractivity contribution >= 4 is 0 Å². The molecule has 0 radical (unpaired) electrons. The highest BCUT2D eigenvalue weighted by atomic mass is 15.2. The Balaban J connectivity index is 1.39. The summed E-state index contributed by atoms with van der Waals surface area (Å²) in [6.07, 6.45) is 8.09. The van der Waals surface area contributed by atoms with E-state index < -0.39 is 0 Å². The Hall–Kier alpha value is -0.860. The molecule has 2 atom stereocenters. The summed E-state index contributed by atoms with van der Waals surface area (Å²) in [5.74, 6) is 0. The van der Waals surface area contributed by atoms with E-state index in [2.05, 4.69) is 28.4 Å². The minimum absolute atomic E-state index is 0.732. The van der Waals surface area contributed by atoms with E-state index in [1.807, 2.05) is 0 Å². The Bertz CT molecular complexity index is 468. The van der Waals surface area contributed by atoms with Crippen LogP contribution in [-0.4, -0.2) is 30.1 Å². The van der Waals surface area contributed by atoms with Crippen molar-refractivity contribution in [1.29, 1.82) is 0 Å². The van der Waals surface area contributed by atoms with Crippen molar-refractivity contribution in [3.63, 3.8) is 0 Å². The zero-order valence-electron chi connectivity index (χ0n) is 11.7. The van der Waals surface area contributed by atoms with Crippen LogP contribution in [0, 0.1) is 0 Å². The predicted molar refractivity (Wildman–Crippen MR) is 78.3 cm³/mol. The predicted octanol–water partition coefficient (Wildman–Crippen LogP) is 2.50. The SMILES string of the molecule is c1cc2c(cc1CNC1CCN3CCCC13)CCC2. The summed E-state index contributed by atoms with van der Waals surface area (Å²) < 4.78 is 0. The Labute approximate surface area is 116 Å². The molecule has 1 N–H and O–H groups in total. The number of fused-ring (bicyclic) bond motifs is 2. The van der Waals surface area contributed by atoms with Gasteiger partial charge in [-0.3, -0.25) is 4.90 Å². The van der Waals surface area contributed by atoms with Crippen molar-refractivity contribution in [2.75, 3.05) is 13.1 Å². The first-order valence-corrected chi connectivity index (χ1v) is 7.98. The molecule has 2 nitrogen and oxygen atoms in total. The maximum Gasteiger partial charge on any atom is 0.0250 e. The first kappa shape index (κ1) is 11.9. The lowest BCUT2D eigenvalue weighted by molar-refractivity contribution is 0.298. The van der Waals surface area contributed by atoms with Crippen LogP contribution in [0.3, 0.4) is 0 Å². The van der Waals surface area contributed by atoms with Crippen LogP contribution in [0.25, 0.3) is 0 Å². The van der Waals surface area contributed by atoms with Gasteiger partial charge in [-0.15, -0.1) is 0 Å². The van der Waals surface area contributed by atoms with Crippen LogP contribution in [0.15, 0.2) is 18.2 Å². The quantitative estimate of drug-likeness (QED) is 0.894. The van der Waals surface area contributed by atoms with E-state index in [9.17, 15) is 0 Å². The third-order valence-corrected chi connectivity index (χ3v) is 5.34. The molecule has 1 aliphatic carbocycles. The van der Waals surface area contributed by atoms with Crippen LogP contribution in [0.4, 0.5) is 0 Å². The summed E-state index contributed by atoms with van der Waals surface area (Å²) in [4.78, 5) is 2.68. The van der Waals surface area contributed by atoms with Gasteiger partial charge in [0.05, 0.1) is 0 Å². The fourth-order valence-electron chi connectivity index (χ4n) is 4.30. The fraction of sp³-hybridized carbons (Fsp3) is 0.647. The van der Waals surface area contributed by atoms with E-state index in [4.69, 9.17) is 0 Å². The van der Waals surface area contributed by atoms with Crippen molar-refractivity contribution < 1.29 is 0 Å². The number of hydrogen-bond acceptors (Lipinski definition) is 2. The van der Waals surface area contributed by atoms with Gasteiger partial charge in [-0.05, 0) is 61.8 Å². The van der Waals surface area contributed by atoms with E-state index in [1.54, 1.807) is 11.1 Å². The van der Waals surface area contributed by atoms with Gasteiger partial charge in [0.15, 0.2) is 0 Å². The van der Waals surface area contributed by atoms with Crippen LogP contribution < -0.4 is 5.32 Å². The van der Waals surface area contributed by atoms with Gasteiger partial charge < -0.3 is 5.32 Å². The molecule has 2 aliphatic heterocycles. The zero-order valence-corrected chi connectivity index (χ0v) is 11.7. The molecule has 1 aromatic rings. The van der Waals surface area contributed by atoms with Gasteiger partial charge in [0, 0.05) is 25.2 Å². The molecular weight excluding hydrogens is 232 g/mol. The molecule has 4 rings (SSSR count). The second-order valence-electron chi connectivity index (χ2n) is 6.48. The fourth-order valence-corrected chi connectivity index (χ4v) is 4.30. The number of hydrogen-bond donors (Lipinski definition) is 1. The molecule has 2 fully saturated rings. The van der Waals surface area contributed by atoms with E-state index in [0.717, 1.165) is 18.6 Å². The molecule has 0 saturated carbocycles. The van der Waals surface area contributed by atoms with Gasteiger partial charge in [-0.25, -0.2) is 0 Å². The average Bonchev–Trinajstić information content (AvgIpc) is 3.12. The third-order valence-electron chi connectivity index (χ3n) is 5.34. The van der Waals surface area contributed by atoms with Crippen molar-refractivity contribution in [2.24, 2.45) is 0 Å². The normalized spacial score (nSPS) is 29.7. The third kappa shape index (κ3) is 2.21. The number of nitrogens with one attached hydrogen (secondary N) is 1. The standard InChI is InChI=1S/C17H24N2/c1-3-14-7-6-13(11-15(14)4-1)12-18-16-8-10-19-9-2-5-17(16)19/h6-7,11,16-18H,1-5,8-10,12H2. The Kier molecular flexibility index (Phi) is 3.08.